The summed E-state index contributed by atoms with van der Waals surface area (Å²) in [5.41, 5.74) is 1.20. The van der Waals surface area contributed by atoms with E-state index in [4.69, 9.17) is 0 Å². The van der Waals surface area contributed by atoms with Crippen LogP contribution in [0.2, 0.25) is 0 Å². The first-order valence-corrected chi connectivity index (χ1v) is 9.41. The van der Waals surface area contributed by atoms with Crippen LogP contribution in [0.1, 0.15) is 44.1 Å². The van der Waals surface area contributed by atoms with E-state index in [-0.39, 0.29) is 11.1 Å². The summed E-state index contributed by atoms with van der Waals surface area (Å²) in [6.45, 7) is 0.935. The van der Waals surface area contributed by atoms with E-state index in [2.05, 4.69) is 35.8 Å². The number of thioether (sulfide) groups is 1. The Morgan fingerprint density at radius 2 is 1.81 bits per heavy atom. The molecule has 2 N–H and O–H groups in total. The molecule has 4 aliphatic carbocycles. The van der Waals surface area contributed by atoms with E-state index < -0.39 is 0 Å². The lowest BCUT2D eigenvalue weighted by atomic mass is 9.51. The maximum Gasteiger partial charge on any atom is 0.0670 e. The van der Waals surface area contributed by atoms with Gasteiger partial charge >= 0.3 is 0 Å². The number of hydrogen-bond acceptors (Lipinski definition) is 3. The summed E-state index contributed by atoms with van der Waals surface area (Å²) >= 11 is 1.79. The van der Waals surface area contributed by atoms with E-state index in [0.29, 0.717) is 0 Å². The van der Waals surface area contributed by atoms with Crippen molar-refractivity contribution < 1.29 is 5.11 Å². The summed E-state index contributed by atoms with van der Waals surface area (Å²) in [5.74, 6) is 1.50. The molecule has 4 saturated carbocycles. The highest BCUT2D eigenvalue weighted by Crippen LogP contribution is 2.57. The van der Waals surface area contributed by atoms with Crippen LogP contribution < -0.4 is 5.32 Å². The monoisotopic (exact) mass is 303 g/mol. The minimum Gasteiger partial charge on any atom is -0.390 e. The van der Waals surface area contributed by atoms with Crippen molar-refractivity contribution in [2.24, 2.45) is 11.8 Å². The van der Waals surface area contributed by atoms with Gasteiger partial charge in [0.2, 0.25) is 0 Å². The zero-order valence-corrected chi connectivity index (χ0v) is 13.6. The van der Waals surface area contributed by atoms with E-state index in [0.717, 1.165) is 37.6 Å². The predicted octanol–water partition coefficient (Wildman–Crippen LogP) is 3.58. The molecule has 0 saturated heterocycles. The predicted molar refractivity (Wildman–Crippen MR) is 87.4 cm³/mol. The van der Waals surface area contributed by atoms with Crippen LogP contribution in [0.25, 0.3) is 0 Å². The topological polar surface area (TPSA) is 32.3 Å². The molecular weight excluding hydrogens is 278 g/mol. The highest BCUT2D eigenvalue weighted by Gasteiger charge is 2.56. The summed E-state index contributed by atoms with van der Waals surface area (Å²) in [6.07, 6.45) is 9.08. The highest BCUT2D eigenvalue weighted by molar-refractivity contribution is 7.98. The lowest BCUT2D eigenvalue weighted by Crippen LogP contribution is -2.64. The van der Waals surface area contributed by atoms with Crippen LogP contribution in [0, 0.1) is 11.8 Å². The Bertz CT molecular complexity index is 513. The average Bonchev–Trinajstić information content (AvgIpc) is 2.43. The fourth-order valence-electron chi connectivity index (χ4n) is 5.45. The van der Waals surface area contributed by atoms with Crippen LogP contribution in [-0.4, -0.2) is 22.5 Å². The van der Waals surface area contributed by atoms with E-state index >= 15 is 0 Å². The lowest BCUT2D eigenvalue weighted by Gasteiger charge is -2.60. The summed E-state index contributed by atoms with van der Waals surface area (Å²) in [4.78, 5) is 1.32. The molecule has 0 heterocycles. The van der Waals surface area contributed by atoms with E-state index in [9.17, 15) is 5.11 Å². The molecule has 4 aliphatic rings. The van der Waals surface area contributed by atoms with Gasteiger partial charge in [-0.15, -0.1) is 11.8 Å². The second kappa shape index (κ2) is 5.00. The van der Waals surface area contributed by atoms with Crippen molar-refractivity contribution in [2.45, 2.75) is 61.1 Å². The summed E-state index contributed by atoms with van der Waals surface area (Å²) in [5, 5.41) is 14.6. The zero-order chi connectivity index (χ0) is 14.5. The second-order valence-corrected chi connectivity index (χ2v) is 8.55. The fourth-order valence-corrected chi connectivity index (χ4v) is 5.86. The Morgan fingerprint density at radius 1 is 1.14 bits per heavy atom. The van der Waals surface area contributed by atoms with Crippen molar-refractivity contribution in [2.75, 3.05) is 6.26 Å². The quantitative estimate of drug-likeness (QED) is 0.834. The molecular formula is C18H25NOS. The molecule has 4 fully saturated rings. The Hall–Kier alpha value is -0.510. The molecule has 3 heteroatoms. The molecule has 114 valence electrons. The highest BCUT2D eigenvalue weighted by atomic mass is 32.2. The van der Waals surface area contributed by atoms with Crippen molar-refractivity contribution >= 4 is 11.8 Å². The smallest absolute Gasteiger partial charge is 0.0670 e. The van der Waals surface area contributed by atoms with Gasteiger partial charge in [-0.2, -0.15) is 0 Å². The number of rotatable bonds is 4. The van der Waals surface area contributed by atoms with E-state index in [1.165, 1.54) is 29.7 Å². The molecule has 5 rings (SSSR count). The Labute approximate surface area is 131 Å². The van der Waals surface area contributed by atoms with Crippen LogP contribution >= 0.6 is 11.8 Å². The third kappa shape index (κ3) is 2.64. The molecule has 1 aromatic carbocycles. The third-order valence-corrected chi connectivity index (χ3v) is 6.60. The minimum atomic E-state index is -0.361. The van der Waals surface area contributed by atoms with Gasteiger partial charge in [0.05, 0.1) is 5.60 Å². The largest absolute Gasteiger partial charge is 0.390 e. The van der Waals surface area contributed by atoms with Gasteiger partial charge in [0.15, 0.2) is 0 Å². The van der Waals surface area contributed by atoms with Gasteiger partial charge in [0.1, 0.15) is 0 Å². The molecule has 0 radical (unpaired) electrons. The van der Waals surface area contributed by atoms with Crippen molar-refractivity contribution in [3.05, 3.63) is 29.8 Å². The van der Waals surface area contributed by atoms with Gasteiger partial charge in [-0.1, -0.05) is 12.1 Å². The normalized spacial score (nSPS) is 40.7. The van der Waals surface area contributed by atoms with Gasteiger partial charge in [0, 0.05) is 17.0 Å². The molecule has 2 atom stereocenters. The Balaban J connectivity index is 1.46. The van der Waals surface area contributed by atoms with Crippen molar-refractivity contribution in [1.82, 2.24) is 5.32 Å². The van der Waals surface area contributed by atoms with Crippen LogP contribution in [0.5, 0.6) is 0 Å². The second-order valence-electron chi connectivity index (χ2n) is 7.67. The van der Waals surface area contributed by atoms with Crippen LogP contribution in [0.4, 0.5) is 0 Å². The number of nitrogens with one attached hydrogen (secondary N) is 1. The summed E-state index contributed by atoms with van der Waals surface area (Å²) < 4.78 is 0. The molecule has 2 nitrogen and oxygen atoms in total. The fraction of sp³-hybridized carbons (Fsp3) is 0.667. The van der Waals surface area contributed by atoms with Crippen LogP contribution in [0.15, 0.2) is 29.2 Å². The molecule has 0 spiro atoms. The third-order valence-electron chi connectivity index (χ3n) is 5.86. The molecule has 4 bridgehead atoms. The van der Waals surface area contributed by atoms with Gasteiger partial charge in [-0.05, 0) is 74.3 Å². The summed E-state index contributed by atoms with van der Waals surface area (Å²) in [7, 11) is 0. The first-order valence-electron chi connectivity index (χ1n) is 8.19. The van der Waals surface area contributed by atoms with Crippen LogP contribution in [-0.2, 0) is 6.54 Å². The maximum atomic E-state index is 10.8. The molecule has 0 aromatic heterocycles. The first-order chi connectivity index (χ1) is 10.1. The number of aliphatic hydroxyl groups is 1. The first kappa shape index (κ1) is 14.1. The minimum absolute atomic E-state index is 0.205. The Kier molecular flexibility index (Phi) is 3.36. The van der Waals surface area contributed by atoms with Gasteiger partial charge in [-0.3, -0.25) is 0 Å². The Morgan fingerprint density at radius 3 is 2.38 bits per heavy atom. The zero-order valence-electron chi connectivity index (χ0n) is 12.8. The van der Waals surface area contributed by atoms with Crippen LogP contribution in [0.3, 0.4) is 0 Å². The molecule has 21 heavy (non-hydrogen) atoms. The van der Waals surface area contributed by atoms with Crippen molar-refractivity contribution in [1.29, 1.82) is 0 Å². The molecule has 0 amide bonds. The van der Waals surface area contributed by atoms with Gasteiger partial charge in [0.25, 0.3) is 0 Å². The maximum absolute atomic E-state index is 10.8. The lowest BCUT2D eigenvalue weighted by molar-refractivity contribution is -0.142. The van der Waals surface area contributed by atoms with Gasteiger partial charge in [-0.25, -0.2) is 0 Å². The molecule has 1 aromatic rings. The molecule has 0 aliphatic heterocycles. The standard InChI is InChI=1S/C18H25NOS/c1-21-16-4-2-13(3-5-16)11-19-17-7-14-6-15(8-17)10-18(20,9-14)12-17/h2-5,14-15,19-20H,6-12H2,1H3. The van der Waals surface area contributed by atoms with Gasteiger partial charge < -0.3 is 10.4 Å². The summed E-state index contributed by atoms with van der Waals surface area (Å²) in [6, 6.07) is 8.87. The number of benzene rings is 1. The SMILES string of the molecule is CSc1ccc(CNC23CC4CC(CC(O)(C4)C2)C3)cc1. The van der Waals surface area contributed by atoms with Crippen molar-refractivity contribution in [3.8, 4) is 0 Å². The molecule has 2 unspecified atom stereocenters. The number of hydrogen-bond donors (Lipinski definition) is 2. The van der Waals surface area contributed by atoms with E-state index in [1.807, 2.05) is 0 Å². The van der Waals surface area contributed by atoms with E-state index in [1.54, 1.807) is 11.8 Å². The van der Waals surface area contributed by atoms with Crippen molar-refractivity contribution in [3.63, 3.8) is 0 Å². The average molecular weight is 303 g/mol.